The number of esters is 1. The number of anilines is 1. The number of nitrogens with zero attached hydrogens (tertiary/aromatic N) is 5. The number of piperidine rings is 1. The molecule has 1 fully saturated rings. The van der Waals surface area contributed by atoms with Gasteiger partial charge >= 0.3 is 12.1 Å². The Morgan fingerprint density at radius 1 is 1.11 bits per heavy atom. The van der Waals surface area contributed by atoms with E-state index in [-0.39, 0.29) is 35.2 Å². The van der Waals surface area contributed by atoms with Crippen LogP contribution < -0.4 is 19.7 Å². The Balaban J connectivity index is 1.37. The van der Waals surface area contributed by atoms with E-state index in [0.29, 0.717) is 60.0 Å². The van der Waals surface area contributed by atoms with Gasteiger partial charge in [0.25, 0.3) is 5.91 Å². The molecule has 2 aliphatic rings. The van der Waals surface area contributed by atoms with E-state index >= 15 is 0 Å². The largest absolute Gasteiger partial charge is 0.494 e. The van der Waals surface area contributed by atoms with Gasteiger partial charge in [0.1, 0.15) is 34.5 Å². The van der Waals surface area contributed by atoms with Gasteiger partial charge in [0.2, 0.25) is 0 Å². The Morgan fingerprint density at radius 3 is 2.56 bits per heavy atom. The van der Waals surface area contributed by atoms with Crippen LogP contribution in [0.4, 0.5) is 10.5 Å². The highest BCUT2D eigenvalue weighted by molar-refractivity contribution is 6.30. The van der Waals surface area contributed by atoms with Crippen LogP contribution in [-0.4, -0.2) is 96.3 Å². The number of rotatable bonds is 8. The van der Waals surface area contributed by atoms with E-state index in [2.05, 4.69) is 20.3 Å². The van der Waals surface area contributed by atoms with Crippen LogP contribution in [-0.2, 0) is 14.3 Å². The second kappa shape index (κ2) is 13.5. The second-order valence-corrected chi connectivity index (χ2v) is 12.3. The van der Waals surface area contributed by atoms with Crippen molar-refractivity contribution in [3.05, 3.63) is 35.2 Å². The Hall–Kier alpha value is -4.10. The average Bonchev–Trinajstić information content (AvgIpc) is 3.38. The summed E-state index contributed by atoms with van der Waals surface area (Å²) in [5, 5.41) is 8.37. The highest BCUT2D eigenvalue weighted by Crippen LogP contribution is 2.41. The van der Waals surface area contributed by atoms with E-state index in [1.54, 1.807) is 22.9 Å². The molecule has 1 aromatic carbocycles. The van der Waals surface area contributed by atoms with Crippen LogP contribution in [0, 0.1) is 5.92 Å². The normalized spacial score (nSPS) is 15.7. The maximum absolute atomic E-state index is 13.4. The number of aromatic nitrogens is 3. The molecule has 1 N–H and O–H groups in total. The van der Waals surface area contributed by atoms with Crippen molar-refractivity contribution >= 4 is 46.2 Å². The molecule has 0 unspecified atom stereocenters. The predicted octanol–water partition coefficient (Wildman–Crippen LogP) is 4.22. The minimum Gasteiger partial charge on any atom is -0.494 e. The van der Waals surface area contributed by atoms with Gasteiger partial charge in [0.05, 0.1) is 42.8 Å². The summed E-state index contributed by atoms with van der Waals surface area (Å²) in [6, 6.07) is 5.03. The van der Waals surface area contributed by atoms with Crippen molar-refractivity contribution in [3.8, 4) is 17.2 Å². The van der Waals surface area contributed by atoms with Crippen LogP contribution in [0.1, 0.15) is 51.0 Å². The number of amides is 2. The van der Waals surface area contributed by atoms with Crippen LogP contribution in [0.25, 0.3) is 16.6 Å². The molecule has 5 rings (SSSR count). The second-order valence-electron chi connectivity index (χ2n) is 11.9. The molecule has 3 aromatic rings. The number of likely N-dealkylation sites (tertiary alicyclic amines) is 1. The fourth-order valence-electron chi connectivity index (χ4n) is 5.47. The number of halogens is 1. The summed E-state index contributed by atoms with van der Waals surface area (Å²) in [5.41, 5.74) is 1.03. The number of methoxy groups -OCH3 is 1. The number of ether oxygens (including phenoxy) is 4. The first kappa shape index (κ1) is 32.3. The Morgan fingerprint density at radius 2 is 1.87 bits per heavy atom. The molecular weight excluding hydrogens is 604 g/mol. The van der Waals surface area contributed by atoms with Gasteiger partial charge in [-0.1, -0.05) is 11.6 Å². The van der Waals surface area contributed by atoms with Crippen molar-refractivity contribution in [2.45, 2.75) is 46.1 Å². The van der Waals surface area contributed by atoms with Crippen molar-refractivity contribution in [3.63, 3.8) is 0 Å². The van der Waals surface area contributed by atoms with Gasteiger partial charge in [-0.05, 0) is 53.6 Å². The number of benzene rings is 1. The molecule has 1 saturated heterocycles. The van der Waals surface area contributed by atoms with Gasteiger partial charge in [-0.3, -0.25) is 14.5 Å². The van der Waals surface area contributed by atoms with E-state index in [0.717, 1.165) is 25.9 Å². The number of hydrogen-bond donors (Lipinski definition) is 1. The van der Waals surface area contributed by atoms with Crippen LogP contribution >= 0.6 is 11.6 Å². The molecule has 45 heavy (non-hydrogen) atoms. The van der Waals surface area contributed by atoms with Gasteiger partial charge in [-0.2, -0.15) is 5.10 Å². The molecule has 0 radical (unpaired) electrons. The molecule has 13 nitrogen and oxygen atoms in total. The number of carbonyl (C=O) groups excluding carboxylic acids is 3. The lowest BCUT2D eigenvalue weighted by Crippen LogP contribution is -2.41. The van der Waals surface area contributed by atoms with Crippen LogP contribution in [0.3, 0.4) is 0 Å². The SMILES string of the molecule is CCOC(=O)C1CCN(CCNC(=O)c2nn(-c3cc4c(cc3OC)N(C(=O)OC(C)(C)C)CCO4)c3cc(Cl)ncc23)CC1. The first-order chi connectivity index (χ1) is 21.5. The lowest BCUT2D eigenvalue weighted by atomic mass is 9.97. The summed E-state index contributed by atoms with van der Waals surface area (Å²) in [7, 11) is 1.51. The summed E-state index contributed by atoms with van der Waals surface area (Å²) in [5.74, 6) is 0.252. The first-order valence-corrected chi connectivity index (χ1v) is 15.4. The molecule has 4 heterocycles. The maximum Gasteiger partial charge on any atom is 0.415 e. The molecule has 0 spiro atoms. The standard InChI is InChI=1S/C31H39ClN6O7/c1-6-43-29(40)19-7-10-36(11-8-19)12-9-33-28(39)27-20-18-34-26(32)17-21(20)38(35-27)23-16-25-22(15-24(23)42-5)37(13-14-44-25)30(41)45-31(2,3)4/h15-19H,6-14H2,1-5H3,(H,33,39). The summed E-state index contributed by atoms with van der Waals surface area (Å²) in [6.07, 6.45) is 2.49. The fraction of sp³-hybridized carbons (Fsp3) is 0.516. The monoisotopic (exact) mass is 642 g/mol. The van der Waals surface area contributed by atoms with Crippen LogP contribution in [0.15, 0.2) is 24.4 Å². The van der Waals surface area contributed by atoms with Crippen LogP contribution in [0.2, 0.25) is 5.15 Å². The number of fused-ring (bicyclic) bond motifs is 2. The molecule has 0 atom stereocenters. The molecule has 0 bridgehead atoms. The van der Waals surface area contributed by atoms with E-state index in [1.807, 2.05) is 27.7 Å². The summed E-state index contributed by atoms with van der Waals surface area (Å²) in [4.78, 5) is 46.4. The molecule has 2 aromatic heterocycles. The lowest BCUT2D eigenvalue weighted by Gasteiger charge is -2.32. The van der Waals surface area contributed by atoms with Gasteiger partial charge in [0.15, 0.2) is 5.69 Å². The van der Waals surface area contributed by atoms with E-state index in [9.17, 15) is 14.4 Å². The smallest absolute Gasteiger partial charge is 0.415 e. The maximum atomic E-state index is 13.4. The van der Waals surface area contributed by atoms with Crippen molar-refractivity contribution in [2.24, 2.45) is 5.92 Å². The van der Waals surface area contributed by atoms with Gasteiger partial charge < -0.3 is 29.2 Å². The zero-order valence-electron chi connectivity index (χ0n) is 26.2. The van der Waals surface area contributed by atoms with Gasteiger partial charge in [-0.25, -0.2) is 14.5 Å². The summed E-state index contributed by atoms with van der Waals surface area (Å²) in [6.45, 7) is 10.7. The third-order valence-corrected chi connectivity index (χ3v) is 7.84. The molecule has 0 aliphatic carbocycles. The molecule has 14 heteroatoms. The van der Waals surface area contributed by atoms with E-state index in [4.69, 9.17) is 30.5 Å². The summed E-state index contributed by atoms with van der Waals surface area (Å²) >= 11 is 6.28. The molecular formula is C31H39ClN6O7. The van der Waals surface area contributed by atoms with Gasteiger partial charge in [-0.15, -0.1) is 0 Å². The Labute approximate surface area is 266 Å². The number of hydrogen-bond acceptors (Lipinski definition) is 10. The minimum atomic E-state index is -0.668. The number of carbonyl (C=O) groups is 3. The van der Waals surface area contributed by atoms with Crippen molar-refractivity contribution < 1.29 is 33.3 Å². The Bertz CT molecular complexity index is 1580. The van der Waals surface area contributed by atoms with Crippen molar-refractivity contribution in [1.29, 1.82) is 0 Å². The van der Waals surface area contributed by atoms with Crippen LogP contribution in [0.5, 0.6) is 11.5 Å². The minimum absolute atomic E-state index is 0.0724. The first-order valence-electron chi connectivity index (χ1n) is 15.1. The highest BCUT2D eigenvalue weighted by Gasteiger charge is 2.31. The number of nitrogens with one attached hydrogen (secondary N) is 1. The Kier molecular flexibility index (Phi) is 9.68. The third-order valence-electron chi connectivity index (χ3n) is 7.63. The number of pyridine rings is 1. The highest BCUT2D eigenvalue weighted by atomic mass is 35.5. The molecule has 242 valence electrons. The summed E-state index contributed by atoms with van der Waals surface area (Å²) < 4.78 is 24.0. The molecule has 2 aliphatic heterocycles. The lowest BCUT2D eigenvalue weighted by molar-refractivity contribution is -0.149. The van der Waals surface area contributed by atoms with E-state index < -0.39 is 11.7 Å². The topological polar surface area (TPSA) is 137 Å². The molecule has 0 saturated carbocycles. The van der Waals surface area contributed by atoms with Crippen molar-refractivity contribution in [1.82, 2.24) is 25.0 Å². The quantitative estimate of drug-likeness (QED) is 0.281. The predicted molar refractivity (Wildman–Crippen MR) is 168 cm³/mol. The zero-order chi connectivity index (χ0) is 32.3. The van der Waals surface area contributed by atoms with E-state index in [1.165, 1.54) is 18.2 Å². The van der Waals surface area contributed by atoms with Crippen molar-refractivity contribution in [2.75, 3.05) is 57.9 Å². The zero-order valence-corrected chi connectivity index (χ0v) is 27.0. The fourth-order valence-corrected chi connectivity index (χ4v) is 5.62. The van der Waals surface area contributed by atoms with Gasteiger partial charge in [0, 0.05) is 37.5 Å². The average molecular weight is 643 g/mol. The third kappa shape index (κ3) is 7.25. The molecule has 2 amide bonds.